The zero-order chi connectivity index (χ0) is 14.5. The van der Waals surface area contributed by atoms with Gasteiger partial charge in [-0.05, 0) is 32.6 Å². The van der Waals surface area contributed by atoms with E-state index in [0.29, 0.717) is 12.4 Å². The van der Waals surface area contributed by atoms with E-state index >= 15 is 0 Å². The summed E-state index contributed by atoms with van der Waals surface area (Å²) in [5.74, 6) is 0.856. The summed E-state index contributed by atoms with van der Waals surface area (Å²) in [6.45, 7) is 3.80. The molecule has 1 unspecified atom stereocenters. The summed E-state index contributed by atoms with van der Waals surface area (Å²) in [6.07, 6.45) is 3.46. The van der Waals surface area contributed by atoms with E-state index in [1.54, 1.807) is 30.5 Å². The molecule has 1 saturated carbocycles. The monoisotopic (exact) mass is 277 g/mol. The van der Waals surface area contributed by atoms with Gasteiger partial charge in [0.2, 0.25) is 11.8 Å². The van der Waals surface area contributed by atoms with Crippen molar-refractivity contribution in [1.82, 2.24) is 25.0 Å². The first-order chi connectivity index (χ1) is 9.40. The first-order valence-corrected chi connectivity index (χ1v) is 6.86. The van der Waals surface area contributed by atoms with Crippen molar-refractivity contribution in [2.75, 3.05) is 0 Å². The van der Waals surface area contributed by atoms with Crippen molar-refractivity contribution in [1.29, 1.82) is 0 Å². The van der Waals surface area contributed by atoms with Gasteiger partial charge in [-0.15, -0.1) is 0 Å². The second-order valence-electron chi connectivity index (χ2n) is 6.13. The van der Waals surface area contributed by atoms with Gasteiger partial charge in [0, 0.05) is 7.05 Å². The average molecular weight is 277 g/mol. The Hall–Kier alpha value is -1.92. The van der Waals surface area contributed by atoms with Crippen LogP contribution >= 0.6 is 0 Å². The fraction of sp³-hybridized carbons (Fsp3) is 0.692. The first-order valence-electron chi connectivity index (χ1n) is 6.86. The fourth-order valence-corrected chi connectivity index (χ4v) is 2.73. The SMILES string of the molecule is Cn1ncnc1CN1C(=O)C(C)(C)NC(=O)C1C1CC1. The minimum absolute atomic E-state index is 0.0562. The third kappa shape index (κ3) is 2.07. The Morgan fingerprint density at radius 1 is 1.40 bits per heavy atom. The molecule has 2 aliphatic rings. The van der Waals surface area contributed by atoms with Crippen LogP contribution in [0.25, 0.3) is 0 Å². The highest BCUT2D eigenvalue weighted by Gasteiger charge is 2.50. The predicted molar refractivity (Wildman–Crippen MR) is 70.3 cm³/mol. The molecule has 7 heteroatoms. The van der Waals surface area contributed by atoms with E-state index in [0.717, 1.165) is 12.8 Å². The van der Waals surface area contributed by atoms with Crippen molar-refractivity contribution < 1.29 is 9.59 Å². The zero-order valence-electron chi connectivity index (χ0n) is 12.0. The van der Waals surface area contributed by atoms with Crippen LogP contribution in [-0.2, 0) is 23.2 Å². The standard InChI is InChI=1S/C13H19N5O2/c1-13(2)12(20)18(6-9-14-7-15-17(9)3)10(8-4-5-8)11(19)16-13/h7-8,10H,4-6H2,1-3H3,(H,16,19). The summed E-state index contributed by atoms with van der Waals surface area (Å²) in [4.78, 5) is 30.8. The topological polar surface area (TPSA) is 80.1 Å². The third-order valence-corrected chi connectivity index (χ3v) is 4.02. The number of nitrogens with zero attached hydrogens (tertiary/aromatic N) is 4. The Morgan fingerprint density at radius 2 is 2.10 bits per heavy atom. The smallest absolute Gasteiger partial charge is 0.248 e. The number of hydrogen-bond acceptors (Lipinski definition) is 4. The number of carbonyl (C=O) groups is 2. The van der Waals surface area contributed by atoms with Crippen molar-refractivity contribution in [2.24, 2.45) is 13.0 Å². The van der Waals surface area contributed by atoms with E-state index in [2.05, 4.69) is 15.4 Å². The molecule has 108 valence electrons. The van der Waals surface area contributed by atoms with Crippen LogP contribution in [0, 0.1) is 5.92 Å². The van der Waals surface area contributed by atoms with Gasteiger partial charge in [-0.25, -0.2) is 4.98 Å². The summed E-state index contributed by atoms with van der Waals surface area (Å²) in [7, 11) is 1.79. The van der Waals surface area contributed by atoms with Gasteiger partial charge in [-0.3, -0.25) is 14.3 Å². The quantitative estimate of drug-likeness (QED) is 0.832. The normalized spacial score (nSPS) is 25.8. The number of aryl methyl sites for hydroxylation is 1. The summed E-state index contributed by atoms with van der Waals surface area (Å²) in [5.41, 5.74) is -0.860. The zero-order valence-corrected chi connectivity index (χ0v) is 12.0. The maximum atomic E-state index is 12.6. The molecule has 1 aliphatic carbocycles. The van der Waals surface area contributed by atoms with E-state index in [4.69, 9.17) is 0 Å². The Bertz CT molecular complexity index is 561. The highest BCUT2D eigenvalue weighted by molar-refractivity contribution is 5.99. The van der Waals surface area contributed by atoms with Gasteiger partial charge in [-0.2, -0.15) is 5.10 Å². The largest absolute Gasteiger partial charge is 0.340 e. The molecule has 2 fully saturated rings. The summed E-state index contributed by atoms with van der Waals surface area (Å²) in [5, 5.41) is 6.84. The Kier molecular flexibility index (Phi) is 2.81. The second kappa shape index (κ2) is 4.29. The van der Waals surface area contributed by atoms with Gasteiger partial charge in [0.1, 0.15) is 23.7 Å². The van der Waals surface area contributed by atoms with E-state index in [1.807, 2.05) is 0 Å². The maximum absolute atomic E-state index is 12.6. The minimum atomic E-state index is -0.860. The molecular weight excluding hydrogens is 258 g/mol. The van der Waals surface area contributed by atoms with E-state index in [1.165, 1.54) is 6.33 Å². The summed E-state index contributed by atoms with van der Waals surface area (Å²) >= 11 is 0. The van der Waals surface area contributed by atoms with Crippen LogP contribution in [-0.4, -0.2) is 43.1 Å². The minimum Gasteiger partial charge on any atom is -0.340 e. The number of carbonyl (C=O) groups excluding carboxylic acids is 2. The van der Waals surface area contributed by atoms with Gasteiger partial charge < -0.3 is 10.2 Å². The van der Waals surface area contributed by atoms with Gasteiger partial charge in [0.05, 0.1) is 6.54 Å². The van der Waals surface area contributed by atoms with Crippen LogP contribution < -0.4 is 5.32 Å². The molecule has 1 aromatic rings. The number of aromatic nitrogens is 3. The molecule has 2 amide bonds. The van der Waals surface area contributed by atoms with Crippen molar-refractivity contribution in [2.45, 2.75) is 44.8 Å². The van der Waals surface area contributed by atoms with Crippen LogP contribution in [0.4, 0.5) is 0 Å². The molecule has 1 aliphatic heterocycles. The lowest BCUT2D eigenvalue weighted by atomic mass is 9.94. The van der Waals surface area contributed by atoms with Crippen molar-refractivity contribution >= 4 is 11.8 Å². The van der Waals surface area contributed by atoms with E-state index in [9.17, 15) is 9.59 Å². The lowest BCUT2D eigenvalue weighted by Gasteiger charge is -2.42. The molecule has 1 N–H and O–H groups in total. The van der Waals surface area contributed by atoms with Crippen LogP contribution in [0.5, 0.6) is 0 Å². The molecule has 0 radical (unpaired) electrons. The van der Waals surface area contributed by atoms with E-state index < -0.39 is 5.54 Å². The van der Waals surface area contributed by atoms with Crippen molar-refractivity contribution in [3.8, 4) is 0 Å². The molecule has 0 bridgehead atoms. The van der Waals surface area contributed by atoms with Gasteiger partial charge in [-0.1, -0.05) is 0 Å². The van der Waals surface area contributed by atoms with Crippen molar-refractivity contribution in [3.05, 3.63) is 12.2 Å². The summed E-state index contributed by atoms with van der Waals surface area (Å²) < 4.78 is 1.64. The lowest BCUT2D eigenvalue weighted by Crippen LogP contribution is -2.68. The molecule has 0 aromatic carbocycles. The van der Waals surface area contributed by atoms with Gasteiger partial charge >= 0.3 is 0 Å². The van der Waals surface area contributed by atoms with Crippen LogP contribution in [0.1, 0.15) is 32.5 Å². The molecule has 2 heterocycles. The molecule has 20 heavy (non-hydrogen) atoms. The fourth-order valence-electron chi connectivity index (χ4n) is 2.73. The number of hydrogen-bond donors (Lipinski definition) is 1. The molecular formula is C13H19N5O2. The molecule has 7 nitrogen and oxygen atoms in total. The Labute approximate surface area is 117 Å². The molecule has 1 aromatic heterocycles. The predicted octanol–water partition coefficient (Wildman–Crippen LogP) is -0.169. The Morgan fingerprint density at radius 3 is 2.65 bits per heavy atom. The number of rotatable bonds is 3. The number of amides is 2. The van der Waals surface area contributed by atoms with Gasteiger partial charge in [0.15, 0.2) is 0 Å². The molecule has 1 saturated heterocycles. The molecule has 0 spiro atoms. The van der Waals surface area contributed by atoms with Crippen LogP contribution in [0.15, 0.2) is 6.33 Å². The van der Waals surface area contributed by atoms with E-state index in [-0.39, 0.29) is 23.8 Å². The van der Waals surface area contributed by atoms with Gasteiger partial charge in [0.25, 0.3) is 0 Å². The number of nitrogens with one attached hydrogen (secondary N) is 1. The molecule has 3 rings (SSSR count). The highest BCUT2D eigenvalue weighted by Crippen LogP contribution is 2.38. The molecule has 1 atom stereocenters. The maximum Gasteiger partial charge on any atom is 0.248 e. The Balaban J connectivity index is 1.91. The number of piperazine rings is 1. The summed E-state index contributed by atoms with van der Waals surface area (Å²) in [6, 6.07) is -0.368. The lowest BCUT2D eigenvalue weighted by molar-refractivity contribution is -0.155. The van der Waals surface area contributed by atoms with Crippen LogP contribution in [0.3, 0.4) is 0 Å². The average Bonchev–Trinajstić information content (AvgIpc) is 3.10. The third-order valence-electron chi connectivity index (χ3n) is 4.02. The second-order valence-corrected chi connectivity index (χ2v) is 6.13. The highest BCUT2D eigenvalue weighted by atomic mass is 16.2. The van der Waals surface area contributed by atoms with Crippen molar-refractivity contribution in [3.63, 3.8) is 0 Å². The van der Waals surface area contributed by atoms with Crippen LogP contribution in [0.2, 0.25) is 0 Å². The first kappa shape index (κ1) is 13.1.